The lowest BCUT2D eigenvalue weighted by Crippen LogP contribution is -2.47. The summed E-state index contributed by atoms with van der Waals surface area (Å²) in [4.78, 5) is 25.8. The summed E-state index contributed by atoms with van der Waals surface area (Å²) in [7, 11) is 0. The molecule has 7 nitrogen and oxygen atoms in total. The monoisotopic (exact) mass is 545 g/mol. The number of piperidine rings is 1. The standard InChI is InChI=1S/C23H39N5O2.HI/c1-7-24-21(26-16-20-18(3)10-9-13-25-20)28-14-11-19(12-15-28)17-27(8-2)22(29)30-23(4,5)6;/h9-10,13,19H,7-8,11-12,14-17H2,1-6H3,(H,24,26);1H. The number of pyridine rings is 1. The lowest BCUT2D eigenvalue weighted by Gasteiger charge is -2.36. The van der Waals surface area contributed by atoms with Crippen molar-refractivity contribution in [2.75, 3.05) is 32.7 Å². The minimum atomic E-state index is -0.461. The number of rotatable bonds is 6. The third-order valence-corrected chi connectivity index (χ3v) is 5.26. The Morgan fingerprint density at radius 2 is 2.00 bits per heavy atom. The molecule has 0 aromatic carbocycles. The molecule has 1 aliphatic heterocycles. The number of hydrogen-bond acceptors (Lipinski definition) is 4. The van der Waals surface area contributed by atoms with Gasteiger partial charge in [0.1, 0.15) is 5.60 Å². The predicted molar refractivity (Wildman–Crippen MR) is 137 cm³/mol. The highest BCUT2D eigenvalue weighted by Crippen LogP contribution is 2.20. The Balaban J connectivity index is 0.00000480. The van der Waals surface area contributed by atoms with E-state index in [0.29, 0.717) is 19.0 Å². The molecular weight excluding hydrogens is 505 g/mol. The van der Waals surface area contributed by atoms with Crippen molar-refractivity contribution in [3.05, 3.63) is 29.6 Å². The first-order chi connectivity index (χ1) is 14.2. The van der Waals surface area contributed by atoms with Crippen LogP contribution < -0.4 is 5.32 Å². The van der Waals surface area contributed by atoms with Crippen LogP contribution in [0.2, 0.25) is 0 Å². The smallest absolute Gasteiger partial charge is 0.410 e. The number of guanidine groups is 1. The molecule has 176 valence electrons. The number of likely N-dealkylation sites (tertiary alicyclic amines) is 1. The molecule has 0 saturated carbocycles. The van der Waals surface area contributed by atoms with Crippen LogP contribution in [0.4, 0.5) is 4.79 Å². The lowest BCUT2D eigenvalue weighted by atomic mass is 9.96. The molecule has 31 heavy (non-hydrogen) atoms. The van der Waals surface area contributed by atoms with Crippen molar-refractivity contribution in [2.24, 2.45) is 10.9 Å². The molecule has 1 aliphatic rings. The van der Waals surface area contributed by atoms with E-state index in [1.807, 2.05) is 44.9 Å². The van der Waals surface area contributed by atoms with Crippen molar-refractivity contribution >= 4 is 36.0 Å². The molecule has 0 spiro atoms. The minimum absolute atomic E-state index is 0. The Morgan fingerprint density at radius 1 is 1.32 bits per heavy atom. The van der Waals surface area contributed by atoms with Gasteiger partial charge >= 0.3 is 6.09 Å². The van der Waals surface area contributed by atoms with Gasteiger partial charge in [-0.25, -0.2) is 9.79 Å². The number of halogens is 1. The summed E-state index contributed by atoms with van der Waals surface area (Å²) in [5, 5.41) is 3.42. The number of nitrogens with zero attached hydrogens (tertiary/aromatic N) is 4. The van der Waals surface area contributed by atoms with Crippen molar-refractivity contribution in [1.29, 1.82) is 0 Å². The molecule has 0 bridgehead atoms. The van der Waals surface area contributed by atoms with Crippen LogP contribution in [0.5, 0.6) is 0 Å². The van der Waals surface area contributed by atoms with Crippen LogP contribution in [0.1, 0.15) is 58.7 Å². The summed E-state index contributed by atoms with van der Waals surface area (Å²) in [6.07, 6.45) is 3.67. The van der Waals surface area contributed by atoms with E-state index >= 15 is 0 Å². The Bertz CT molecular complexity index is 712. The van der Waals surface area contributed by atoms with Crippen LogP contribution in [0.3, 0.4) is 0 Å². The number of amides is 1. The first-order valence-corrected chi connectivity index (χ1v) is 11.1. The number of hydrogen-bond donors (Lipinski definition) is 1. The van der Waals surface area contributed by atoms with Gasteiger partial charge in [0.25, 0.3) is 0 Å². The highest BCUT2D eigenvalue weighted by Gasteiger charge is 2.27. The van der Waals surface area contributed by atoms with Crippen LogP contribution in [0.15, 0.2) is 23.3 Å². The van der Waals surface area contributed by atoms with Gasteiger partial charge in [0.15, 0.2) is 5.96 Å². The molecule has 0 atom stereocenters. The largest absolute Gasteiger partial charge is 0.444 e. The zero-order chi connectivity index (χ0) is 22.1. The third kappa shape index (κ3) is 9.21. The van der Waals surface area contributed by atoms with E-state index in [0.717, 1.165) is 56.2 Å². The zero-order valence-corrected chi connectivity index (χ0v) is 22.3. The molecule has 0 aliphatic carbocycles. The second-order valence-electron chi connectivity index (χ2n) is 8.89. The normalized spacial score (nSPS) is 15.3. The highest BCUT2D eigenvalue weighted by molar-refractivity contribution is 14.0. The number of aromatic nitrogens is 1. The van der Waals surface area contributed by atoms with E-state index in [4.69, 9.17) is 9.73 Å². The van der Waals surface area contributed by atoms with E-state index in [1.165, 1.54) is 0 Å². The second-order valence-corrected chi connectivity index (χ2v) is 8.89. The van der Waals surface area contributed by atoms with Crippen LogP contribution in [0, 0.1) is 12.8 Å². The van der Waals surface area contributed by atoms with E-state index in [1.54, 1.807) is 0 Å². The Kier molecular flexibility index (Phi) is 11.6. The molecule has 8 heteroatoms. The number of aliphatic imine (C=N–C) groups is 1. The number of carbonyl (C=O) groups excluding carboxylic acids is 1. The maximum absolute atomic E-state index is 12.4. The molecule has 1 saturated heterocycles. The van der Waals surface area contributed by atoms with Crippen molar-refractivity contribution in [2.45, 2.75) is 66.5 Å². The first kappa shape index (κ1) is 27.5. The second kappa shape index (κ2) is 13.1. The molecule has 1 fully saturated rings. The summed E-state index contributed by atoms with van der Waals surface area (Å²) >= 11 is 0. The lowest BCUT2D eigenvalue weighted by molar-refractivity contribution is 0.0214. The van der Waals surface area contributed by atoms with E-state index < -0.39 is 5.60 Å². The topological polar surface area (TPSA) is 70.1 Å². The molecular formula is C23H40IN5O2. The highest BCUT2D eigenvalue weighted by atomic mass is 127. The molecule has 1 N–H and O–H groups in total. The van der Waals surface area contributed by atoms with E-state index in [-0.39, 0.29) is 30.1 Å². The molecule has 0 radical (unpaired) electrons. The SMILES string of the molecule is CCNC(=NCc1ncccc1C)N1CCC(CN(CC)C(=O)OC(C)(C)C)CC1.I. The quantitative estimate of drug-likeness (QED) is 0.325. The summed E-state index contributed by atoms with van der Waals surface area (Å²) < 4.78 is 5.55. The van der Waals surface area contributed by atoms with Gasteiger partial charge in [-0.1, -0.05) is 6.07 Å². The van der Waals surface area contributed by atoms with Gasteiger partial charge in [0.2, 0.25) is 0 Å². The fourth-order valence-electron chi connectivity index (χ4n) is 3.56. The maximum Gasteiger partial charge on any atom is 0.410 e. The number of nitrogens with one attached hydrogen (secondary N) is 1. The molecule has 2 rings (SSSR count). The van der Waals surface area contributed by atoms with Gasteiger partial charge < -0.3 is 19.9 Å². The van der Waals surface area contributed by atoms with Crippen molar-refractivity contribution in [3.63, 3.8) is 0 Å². The maximum atomic E-state index is 12.4. The Hall–Kier alpha value is -1.58. The molecule has 0 unspecified atom stereocenters. The zero-order valence-electron chi connectivity index (χ0n) is 20.0. The van der Waals surface area contributed by atoms with Crippen molar-refractivity contribution in [3.8, 4) is 0 Å². The van der Waals surface area contributed by atoms with E-state index in [9.17, 15) is 4.79 Å². The van der Waals surface area contributed by atoms with Crippen LogP contribution in [0.25, 0.3) is 0 Å². The predicted octanol–water partition coefficient (Wildman–Crippen LogP) is 4.44. The van der Waals surface area contributed by atoms with Crippen molar-refractivity contribution < 1.29 is 9.53 Å². The molecule has 1 aromatic heterocycles. The van der Waals surface area contributed by atoms with Gasteiger partial charge in [-0.3, -0.25) is 4.98 Å². The number of ether oxygens (including phenoxy) is 1. The van der Waals surface area contributed by atoms with Gasteiger partial charge in [-0.05, 0) is 71.9 Å². The van der Waals surface area contributed by atoms with Gasteiger partial charge in [-0.15, -0.1) is 24.0 Å². The van der Waals surface area contributed by atoms with Gasteiger partial charge in [0.05, 0.1) is 12.2 Å². The fraction of sp³-hybridized carbons (Fsp3) is 0.696. The summed E-state index contributed by atoms with van der Waals surface area (Å²) in [6, 6.07) is 4.02. The Labute approximate surface area is 205 Å². The first-order valence-electron chi connectivity index (χ1n) is 11.1. The summed E-state index contributed by atoms with van der Waals surface area (Å²) in [5.74, 6) is 1.43. The minimum Gasteiger partial charge on any atom is -0.444 e. The summed E-state index contributed by atoms with van der Waals surface area (Å²) in [6.45, 7) is 16.6. The van der Waals surface area contributed by atoms with Gasteiger partial charge in [-0.2, -0.15) is 0 Å². The Morgan fingerprint density at radius 3 is 2.55 bits per heavy atom. The molecule has 1 amide bonds. The van der Waals surface area contributed by atoms with Crippen LogP contribution in [-0.4, -0.2) is 65.2 Å². The van der Waals surface area contributed by atoms with Crippen LogP contribution >= 0.6 is 24.0 Å². The van der Waals surface area contributed by atoms with E-state index in [2.05, 4.69) is 35.1 Å². The molecule has 1 aromatic rings. The number of aryl methyl sites for hydroxylation is 1. The summed E-state index contributed by atoms with van der Waals surface area (Å²) in [5.41, 5.74) is 1.72. The average molecular weight is 546 g/mol. The van der Waals surface area contributed by atoms with Gasteiger partial charge in [0, 0.05) is 38.9 Å². The number of carbonyl (C=O) groups is 1. The average Bonchev–Trinajstić information content (AvgIpc) is 2.69. The van der Waals surface area contributed by atoms with Crippen molar-refractivity contribution in [1.82, 2.24) is 20.1 Å². The fourth-order valence-corrected chi connectivity index (χ4v) is 3.56. The van der Waals surface area contributed by atoms with Crippen LogP contribution in [-0.2, 0) is 11.3 Å². The third-order valence-electron chi connectivity index (χ3n) is 5.26. The molecule has 2 heterocycles.